The summed E-state index contributed by atoms with van der Waals surface area (Å²) in [5.74, 6) is 0.611. The Bertz CT molecular complexity index is 997. The Kier molecular flexibility index (Phi) is 8.46. The molecule has 0 bridgehead atoms. The first kappa shape index (κ1) is 24.7. The lowest BCUT2D eigenvalue weighted by Gasteiger charge is -2.37. The van der Waals surface area contributed by atoms with Crippen LogP contribution in [0.25, 0.3) is 11.1 Å². The smallest absolute Gasteiger partial charge is 0.434 e. The highest BCUT2D eigenvalue weighted by molar-refractivity contribution is 9.09. The number of hydrogen-bond acceptors (Lipinski definition) is 6. The van der Waals surface area contributed by atoms with E-state index >= 15 is 0 Å². The molecular formula is C24H29BrN4O4. The van der Waals surface area contributed by atoms with E-state index in [0.29, 0.717) is 17.7 Å². The molecule has 0 spiro atoms. The second-order valence-corrected chi connectivity index (χ2v) is 8.68. The summed E-state index contributed by atoms with van der Waals surface area (Å²) in [5, 5.41) is 5.89. The van der Waals surface area contributed by atoms with Crippen LogP contribution in [0.4, 0.5) is 4.79 Å². The summed E-state index contributed by atoms with van der Waals surface area (Å²) in [6.45, 7) is 6.09. The minimum atomic E-state index is -0.762. The van der Waals surface area contributed by atoms with Gasteiger partial charge in [-0.25, -0.2) is 14.5 Å². The summed E-state index contributed by atoms with van der Waals surface area (Å²) in [5.41, 5.74) is 1.67. The summed E-state index contributed by atoms with van der Waals surface area (Å²) in [6.07, 6.45) is 0.857. The van der Waals surface area contributed by atoms with Crippen molar-refractivity contribution in [2.45, 2.75) is 33.1 Å². The van der Waals surface area contributed by atoms with Gasteiger partial charge in [-0.2, -0.15) is 10.2 Å². The third-order valence-corrected chi connectivity index (χ3v) is 6.54. The molecule has 3 aromatic rings. The Balaban J connectivity index is 1.90. The number of carbonyl (C=O) groups is 1. The van der Waals surface area contributed by atoms with Crippen molar-refractivity contribution in [3.8, 4) is 16.9 Å². The number of aromatic nitrogens is 3. The van der Waals surface area contributed by atoms with Crippen molar-refractivity contribution >= 4 is 22.0 Å². The predicted octanol–water partition coefficient (Wildman–Crippen LogP) is 5.33. The van der Waals surface area contributed by atoms with Gasteiger partial charge in [0.15, 0.2) is 6.10 Å². The lowest BCUT2D eigenvalue weighted by molar-refractivity contribution is -0.146. The molecular weight excluding hydrogens is 488 g/mol. The van der Waals surface area contributed by atoms with E-state index in [9.17, 15) is 4.79 Å². The Morgan fingerprint density at radius 2 is 1.79 bits per heavy atom. The van der Waals surface area contributed by atoms with E-state index in [-0.39, 0.29) is 0 Å². The van der Waals surface area contributed by atoms with Gasteiger partial charge in [-0.05, 0) is 30.2 Å². The molecule has 3 rings (SSSR count). The molecule has 1 heterocycles. The number of halogens is 1. The van der Waals surface area contributed by atoms with Crippen LogP contribution in [0.1, 0.15) is 27.0 Å². The van der Waals surface area contributed by atoms with Crippen molar-refractivity contribution in [3.05, 3.63) is 67.3 Å². The number of amides is 1. The van der Waals surface area contributed by atoms with Crippen LogP contribution in [0.15, 0.2) is 67.3 Å². The van der Waals surface area contributed by atoms with Crippen LogP contribution in [0.2, 0.25) is 0 Å². The van der Waals surface area contributed by atoms with Gasteiger partial charge in [0.1, 0.15) is 18.4 Å². The molecule has 0 aliphatic rings. The maximum Gasteiger partial charge on any atom is 0.434 e. The molecule has 176 valence electrons. The molecule has 1 aromatic heterocycles. The average Bonchev–Trinajstić information content (AvgIpc) is 3.37. The first-order valence-electron chi connectivity index (χ1n) is 10.6. The van der Waals surface area contributed by atoms with Crippen molar-refractivity contribution in [2.75, 3.05) is 19.0 Å². The molecule has 8 nitrogen and oxygen atoms in total. The second-order valence-electron chi connectivity index (χ2n) is 8.12. The largest absolute Gasteiger partial charge is 0.465 e. The van der Waals surface area contributed by atoms with Crippen molar-refractivity contribution in [3.63, 3.8) is 0 Å². The van der Waals surface area contributed by atoms with Crippen LogP contribution in [0, 0.1) is 5.41 Å². The predicted molar refractivity (Wildman–Crippen MR) is 129 cm³/mol. The molecule has 1 amide bonds. The Hall–Kier alpha value is -2.91. The second kappa shape index (κ2) is 11.3. The molecule has 33 heavy (non-hydrogen) atoms. The van der Waals surface area contributed by atoms with Gasteiger partial charge in [0, 0.05) is 17.8 Å². The van der Waals surface area contributed by atoms with Crippen molar-refractivity contribution in [1.82, 2.24) is 19.8 Å². The fourth-order valence-electron chi connectivity index (χ4n) is 3.21. The minimum Gasteiger partial charge on any atom is -0.465 e. The Morgan fingerprint density at radius 1 is 1.12 bits per heavy atom. The number of alkyl halides is 1. The number of hydrogen-bond donors (Lipinski definition) is 0. The highest BCUT2D eigenvalue weighted by atomic mass is 79.9. The quantitative estimate of drug-likeness (QED) is 0.267. The van der Waals surface area contributed by atoms with Crippen molar-refractivity contribution < 1.29 is 19.1 Å². The number of benzene rings is 2. The fraction of sp³-hybridized carbons (Fsp3) is 0.375. The molecule has 0 N–H and O–H groups in total. The Labute approximate surface area is 202 Å². The minimum absolute atomic E-state index is 0.342. The molecule has 0 fully saturated rings. The summed E-state index contributed by atoms with van der Waals surface area (Å²) in [4.78, 5) is 22.0. The zero-order valence-electron chi connectivity index (χ0n) is 19.2. The fourth-order valence-corrected chi connectivity index (χ4v) is 3.53. The normalized spacial score (nSPS) is 13.2. The highest BCUT2D eigenvalue weighted by Crippen LogP contribution is 2.35. The Morgan fingerprint density at radius 3 is 2.36 bits per heavy atom. The maximum atomic E-state index is 12.7. The number of nitrogens with zero attached hydrogens (tertiary/aromatic N) is 4. The van der Waals surface area contributed by atoms with Gasteiger partial charge in [-0.15, -0.1) is 0 Å². The molecule has 2 atom stereocenters. The molecule has 2 unspecified atom stereocenters. The van der Waals surface area contributed by atoms with Crippen molar-refractivity contribution in [1.29, 1.82) is 0 Å². The first-order chi connectivity index (χ1) is 15.9. The van der Waals surface area contributed by atoms with Crippen LogP contribution < -0.4 is 4.74 Å². The van der Waals surface area contributed by atoms with E-state index in [1.54, 1.807) is 17.9 Å². The lowest BCUT2D eigenvalue weighted by atomic mass is 9.87. The van der Waals surface area contributed by atoms with Gasteiger partial charge in [-0.1, -0.05) is 72.2 Å². The highest BCUT2D eigenvalue weighted by Gasteiger charge is 2.42. The van der Waals surface area contributed by atoms with Crippen LogP contribution >= 0.6 is 15.9 Å². The average molecular weight is 517 g/mol. The number of carbonyl (C=O) groups excluding carboxylic acids is 1. The molecule has 0 radical (unpaired) electrons. The van der Waals surface area contributed by atoms with Crippen LogP contribution in [-0.2, 0) is 9.57 Å². The zero-order valence-corrected chi connectivity index (χ0v) is 20.8. The molecule has 9 heteroatoms. The van der Waals surface area contributed by atoms with E-state index in [1.807, 2.05) is 56.3 Å². The topological polar surface area (TPSA) is 78.7 Å². The van der Waals surface area contributed by atoms with Gasteiger partial charge < -0.3 is 9.47 Å². The summed E-state index contributed by atoms with van der Waals surface area (Å²) < 4.78 is 13.8. The number of hydroxylamine groups is 2. The summed E-state index contributed by atoms with van der Waals surface area (Å²) in [6, 6.07) is 17.8. The van der Waals surface area contributed by atoms with E-state index in [4.69, 9.17) is 14.3 Å². The summed E-state index contributed by atoms with van der Waals surface area (Å²) in [7, 11) is 1.51. The molecule has 0 aliphatic carbocycles. The zero-order chi connectivity index (χ0) is 23.8. The third kappa shape index (κ3) is 6.33. The van der Waals surface area contributed by atoms with E-state index < -0.39 is 23.8 Å². The van der Waals surface area contributed by atoms with Gasteiger partial charge in [-0.3, -0.25) is 4.84 Å². The van der Waals surface area contributed by atoms with E-state index in [2.05, 4.69) is 38.1 Å². The van der Waals surface area contributed by atoms with Gasteiger partial charge in [0.05, 0.1) is 6.61 Å². The number of rotatable bonds is 10. The SMILES string of the molecule is CCON(C)C(=O)OC(C(Oc1ccc(-c2ccccc2)cc1)n1cncn1)C(C)(C)CBr. The first-order valence-corrected chi connectivity index (χ1v) is 11.8. The maximum absolute atomic E-state index is 12.7. The monoisotopic (exact) mass is 516 g/mol. The molecule has 0 aliphatic heterocycles. The molecule has 0 saturated heterocycles. The lowest BCUT2D eigenvalue weighted by Crippen LogP contribution is -2.46. The van der Waals surface area contributed by atoms with Crippen molar-refractivity contribution in [2.24, 2.45) is 5.41 Å². The van der Waals surface area contributed by atoms with Crippen LogP contribution in [-0.4, -0.2) is 51.0 Å². The van der Waals surface area contributed by atoms with Gasteiger partial charge in [0.25, 0.3) is 0 Å². The third-order valence-electron chi connectivity index (χ3n) is 5.10. The van der Waals surface area contributed by atoms with Gasteiger partial charge >= 0.3 is 6.09 Å². The number of ether oxygens (including phenoxy) is 2. The van der Waals surface area contributed by atoms with E-state index in [1.165, 1.54) is 13.4 Å². The standard InChI is InChI=1S/C24H29BrN4O4/c1-5-31-28(4)23(30)33-21(24(2,3)15-25)22(29-17-26-16-27-29)32-20-13-11-19(12-14-20)18-9-7-6-8-10-18/h6-14,16-17,21-22H,5,15H2,1-4H3. The molecule has 0 saturated carbocycles. The summed E-state index contributed by atoms with van der Waals surface area (Å²) >= 11 is 3.54. The molecule has 2 aromatic carbocycles. The van der Waals surface area contributed by atoms with Crippen LogP contribution in [0.5, 0.6) is 5.75 Å². The van der Waals surface area contributed by atoms with Crippen LogP contribution in [0.3, 0.4) is 0 Å². The van der Waals surface area contributed by atoms with Gasteiger partial charge in [0.2, 0.25) is 6.23 Å². The van der Waals surface area contributed by atoms with E-state index in [0.717, 1.165) is 16.2 Å².